The minimum Gasteiger partial charge on any atom is -0.506 e. The molecule has 0 spiro atoms. The first-order valence-electron chi connectivity index (χ1n) is 5.59. The molecule has 1 atom stereocenters. The second kappa shape index (κ2) is 8.08. The van der Waals surface area contributed by atoms with E-state index < -0.39 is 7.56 Å². The molecule has 12 heteroatoms. The Labute approximate surface area is 221 Å². The number of hydrogen-bond donors (Lipinski definition) is 2. The van der Waals surface area contributed by atoms with Gasteiger partial charge in [-0.2, -0.15) is 0 Å². The Kier molecular flexibility index (Phi) is 7.88. The molecular weight excluding hydrogens is 975 g/mol. The summed E-state index contributed by atoms with van der Waals surface area (Å²) in [5.74, 6) is 0.0885. The molecule has 0 fully saturated rings. The van der Waals surface area contributed by atoms with Crippen LogP contribution in [0.15, 0.2) is 37.1 Å². The van der Waals surface area contributed by atoms with E-state index in [4.69, 9.17) is 0 Å². The summed E-state index contributed by atoms with van der Waals surface area (Å²) in [4.78, 5) is 0. The first-order valence-corrected chi connectivity index (χ1v) is 13.5. The van der Waals surface area contributed by atoms with Crippen molar-refractivity contribution in [3.8, 4) is 5.75 Å². The molecule has 0 saturated carbocycles. The number of rotatable bonds is 1. The predicted octanol–water partition coefficient (Wildman–Crippen LogP) is 9.70. The number of aliphatic hydroxyl groups excluding tert-OH is 1. The molecule has 1 aliphatic rings. The van der Waals surface area contributed by atoms with E-state index in [9.17, 15) is 10.2 Å². The van der Waals surface area contributed by atoms with Crippen LogP contribution < -0.4 is 0 Å². The largest absolute Gasteiger partial charge is 0.506 e. The maximum absolute atomic E-state index is 10.4. The molecule has 0 heterocycles. The Morgan fingerprint density at radius 3 is 1.46 bits per heavy atom. The number of phenolic OH excluding ortho intramolecular Hbond substituents is 1. The van der Waals surface area contributed by atoms with Gasteiger partial charge in [0.1, 0.15) is 19.1 Å². The van der Waals surface area contributed by atoms with E-state index in [1.54, 1.807) is 0 Å². The third-order valence-electron chi connectivity index (χ3n) is 3.20. The number of hydrogen-bond acceptors (Lipinski definition) is 2. The lowest BCUT2D eigenvalue weighted by Crippen LogP contribution is -2.42. The summed E-state index contributed by atoms with van der Waals surface area (Å²) in [7, 11) is 0. The van der Waals surface area contributed by atoms with E-state index in [-0.39, 0.29) is 11.5 Å². The Hall–Kier alpha value is 3.10. The third-order valence-corrected chi connectivity index (χ3v) is 16.7. The summed E-state index contributed by atoms with van der Waals surface area (Å²) in [6.07, 6.45) is 0. The summed E-state index contributed by atoms with van der Waals surface area (Å²) < 4.78 is 1.88. The number of phenols is 1. The van der Waals surface area contributed by atoms with Crippen LogP contribution in [0.1, 0.15) is 5.56 Å². The van der Waals surface area contributed by atoms with E-state index in [1.807, 2.05) is 0 Å². The highest BCUT2D eigenvalue weighted by Gasteiger charge is 2.58. The van der Waals surface area contributed by atoms with Gasteiger partial charge in [0.25, 0.3) is 0 Å². The van der Waals surface area contributed by atoms with Crippen molar-refractivity contribution in [1.29, 1.82) is 0 Å². The van der Waals surface area contributed by atoms with E-state index >= 15 is 0 Å². The van der Waals surface area contributed by atoms with Crippen LogP contribution in [0.5, 0.6) is 5.75 Å². The molecule has 132 valence electrons. The van der Waals surface area contributed by atoms with Crippen molar-refractivity contribution < 1.29 is 10.2 Å². The van der Waals surface area contributed by atoms with E-state index in [0.717, 1.165) is 5.56 Å². The van der Waals surface area contributed by atoms with Gasteiger partial charge in [-0.3, -0.25) is 0 Å². The standard InChI is InChI=1S/C12H2Br10O2/c13-2-1(3(14)5(16)7(23)4(2)15)11(20)9(18)6(17)8(24)10(19)12(11,21)22/h23-24H. The van der Waals surface area contributed by atoms with Gasteiger partial charge in [0, 0.05) is 19.0 Å². The van der Waals surface area contributed by atoms with Crippen LogP contribution in [-0.2, 0) is 4.32 Å². The first-order chi connectivity index (χ1) is 10.8. The Morgan fingerprint density at radius 2 is 1.04 bits per heavy atom. The maximum atomic E-state index is 10.4. The fourth-order valence-corrected chi connectivity index (χ4v) is 10.2. The van der Waals surface area contributed by atoms with E-state index in [0.29, 0.717) is 31.3 Å². The molecule has 1 aromatic rings. The van der Waals surface area contributed by atoms with Gasteiger partial charge in [0.15, 0.2) is 0 Å². The second-order valence-corrected chi connectivity index (χ2v) is 14.7. The van der Waals surface area contributed by atoms with Crippen molar-refractivity contribution >= 4 is 159 Å². The van der Waals surface area contributed by atoms with Crippen LogP contribution in [0.3, 0.4) is 0 Å². The van der Waals surface area contributed by atoms with E-state index in [1.165, 1.54) is 0 Å². The molecule has 2 nitrogen and oxygen atoms in total. The molecule has 0 aliphatic heterocycles. The zero-order valence-electron chi connectivity index (χ0n) is 10.7. The zero-order valence-corrected chi connectivity index (χ0v) is 26.5. The summed E-state index contributed by atoms with van der Waals surface area (Å²) >= 11 is 35.4. The van der Waals surface area contributed by atoms with Crippen LogP contribution in [0.4, 0.5) is 0 Å². The van der Waals surface area contributed by atoms with Gasteiger partial charge in [-0.1, -0.05) is 63.7 Å². The van der Waals surface area contributed by atoms with Crippen molar-refractivity contribution in [1.82, 2.24) is 0 Å². The fourth-order valence-electron chi connectivity index (χ4n) is 1.98. The van der Waals surface area contributed by atoms with Gasteiger partial charge in [0.2, 0.25) is 0 Å². The lowest BCUT2D eigenvalue weighted by atomic mass is 9.91. The van der Waals surface area contributed by atoms with Crippen molar-refractivity contribution in [2.24, 2.45) is 0 Å². The smallest absolute Gasteiger partial charge is 0.146 e. The molecule has 0 amide bonds. The number of aliphatic hydroxyl groups is 1. The number of benzene rings is 1. The molecule has 0 aromatic heterocycles. The lowest BCUT2D eigenvalue weighted by molar-refractivity contribution is 0.419. The molecule has 0 radical (unpaired) electrons. The highest BCUT2D eigenvalue weighted by atomic mass is 79.9. The van der Waals surface area contributed by atoms with Gasteiger partial charge in [0.05, 0.1) is 17.9 Å². The molecule has 2 rings (SSSR count). The van der Waals surface area contributed by atoms with Crippen LogP contribution in [-0.4, -0.2) is 13.4 Å². The van der Waals surface area contributed by atoms with Gasteiger partial charge < -0.3 is 10.2 Å². The van der Waals surface area contributed by atoms with Crippen LogP contribution in [0.2, 0.25) is 0 Å². The first kappa shape index (κ1) is 23.4. The molecule has 1 aromatic carbocycles. The molecule has 1 aliphatic carbocycles. The van der Waals surface area contributed by atoms with Crippen LogP contribution >= 0.6 is 159 Å². The predicted molar refractivity (Wildman–Crippen MR) is 134 cm³/mol. The van der Waals surface area contributed by atoms with Crippen molar-refractivity contribution in [2.45, 2.75) is 7.56 Å². The quantitative estimate of drug-likeness (QED) is 0.218. The summed E-state index contributed by atoms with van der Waals surface area (Å²) in [5.41, 5.74) is 0.737. The lowest BCUT2D eigenvalue weighted by Gasteiger charge is -2.44. The topological polar surface area (TPSA) is 40.5 Å². The summed E-state index contributed by atoms with van der Waals surface area (Å²) in [5, 5.41) is 20.6. The summed E-state index contributed by atoms with van der Waals surface area (Å²) in [6.45, 7) is 0. The fraction of sp³-hybridized carbons (Fsp3) is 0.167. The summed E-state index contributed by atoms with van der Waals surface area (Å²) in [6, 6.07) is 0. The van der Waals surface area contributed by atoms with E-state index in [2.05, 4.69) is 159 Å². The number of aromatic hydroxyl groups is 1. The molecule has 1 unspecified atom stereocenters. The minimum absolute atomic E-state index is 0.0369. The molecule has 2 N–H and O–H groups in total. The Bertz CT molecular complexity index is 784. The molecule has 24 heavy (non-hydrogen) atoms. The van der Waals surface area contributed by atoms with Crippen LogP contribution in [0, 0.1) is 0 Å². The monoisotopic (exact) mass is 967 g/mol. The number of alkyl halides is 3. The van der Waals surface area contributed by atoms with Gasteiger partial charge >= 0.3 is 0 Å². The Morgan fingerprint density at radius 1 is 0.625 bits per heavy atom. The maximum Gasteiger partial charge on any atom is 0.146 e. The second-order valence-electron chi connectivity index (χ2n) is 4.50. The van der Waals surface area contributed by atoms with Gasteiger partial charge in [-0.05, 0) is 95.6 Å². The van der Waals surface area contributed by atoms with Gasteiger partial charge in [-0.15, -0.1) is 0 Å². The molecule has 0 bridgehead atoms. The van der Waals surface area contributed by atoms with Crippen LogP contribution in [0.25, 0.3) is 0 Å². The Balaban J connectivity index is 3.01. The third kappa shape index (κ3) is 3.34. The number of allylic oxidation sites excluding steroid dienone is 3. The molecular formula is C12H2Br10O2. The highest BCUT2D eigenvalue weighted by molar-refractivity contribution is 9.27. The van der Waals surface area contributed by atoms with Gasteiger partial charge in [-0.25, -0.2) is 0 Å². The normalized spacial score (nSPS) is 23.9. The molecule has 0 saturated heterocycles. The number of halogens is 10. The highest BCUT2D eigenvalue weighted by Crippen LogP contribution is 2.68. The zero-order chi connectivity index (χ0) is 18.8. The van der Waals surface area contributed by atoms with Crippen molar-refractivity contribution in [3.63, 3.8) is 0 Å². The minimum atomic E-state index is -0.950. The average Bonchev–Trinajstić information content (AvgIpc) is 2.53. The average molecular weight is 977 g/mol. The van der Waals surface area contributed by atoms with Crippen molar-refractivity contribution in [3.05, 3.63) is 42.7 Å². The SMILES string of the molecule is OC1=C(Br)C(Br)(Br)C(Br)(c2c(Br)c(Br)c(O)c(Br)c2Br)C(Br)=C1Br. The van der Waals surface area contributed by atoms with Crippen molar-refractivity contribution in [2.75, 3.05) is 0 Å².